The van der Waals surface area contributed by atoms with E-state index >= 15 is 0 Å². The number of nitrogens with zero attached hydrogens (tertiary/aromatic N) is 3. The summed E-state index contributed by atoms with van der Waals surface area (Å²) in [5, 5.41) is 6.89. The van der Waals surface area contributed by atoms with Gasteiger partial charge in [0.05, 0.1) is 0 Å². The van der Waals surface area contributed by atoms with Crippen LogP contribution >= 0.6 is 24.0 Å². The van der Waals surface area contributed by atoms with Crippen molar-refractivity contribution in [1.29, 1.82) is 0 Å². The second-order valence-corrected chi connectivity index (χ2v) is 6.94. The molecular weight excluding hydrogens is 468 g/mol. The minimum atomic E-state index is -0.180. The van der Waals surface area contributed by atoms with Gasteiger partial charge in [0.1, 0.15) is 5.82 Å². The lowest BCUT2D eigenvalue weighted by atomic mass is 10.0. The van der Waals surface area contributed by atoms with E-state index in [9.17, 15) is 4.39 Å². The molecular formula is C21H29FIN5. The first-order valence-electron chi connectivity index (χ1n) is 9.53. The van der Waals surface area contributed by atoms with Gasteiger partial charge in [0.2, 0.25) is 0 Å². The zero-order chi connectivity index (χ0) is 19.1. The molecule has 1 fully saturated rings. The highest BCUT2D eigenvalue weighted by molar-refractivity contribution is 14.0. The fourth-order valence-corrected chi connectivity index (χ4v) is 3.31. The Labute approximate surface area is 183 Å². The summed E-state index contributed by atoms with van der Waals surface area (Å²) < 4.78 is 13.4. The molecule has 1 aliphatic rings. The van der Waals surface area contributed by atoms with Gasteiger partial charge >= 0.3 is 0 Å². The maximum absolute atomic E-state index is 13.4. The molecule has 152 valence electrons. The maximum atomic E-state index is 13.4. The van der Waals surface area contributed by atoms with Gasteiger partial charge in [-0.2, -0.15) is 0 Å². The molecule has 0 unspecified atom stereocenters. The van der Waals surface area contributed by atoms with Crippen molar-refractivity contribution in [1.82, 2.24) is 15.6 Å². The van der Waals surface area contributed by atoms with Crippen molar-refractivity contribution >= 4 is 35.6 Å². The van der Waals surface area contributed by atoms with Crippen LogP contribution in [0.25, 0.3) is 0 Å². The SMILES string of the molecule is CN=C(NCCc1ccc(C)nc1)NC1CCN(c2cccc(F)c2)CC1.I. The Bertz CT molecular complexity index is 758. The Hall–Kier alpha value is -1.90. The molecule has 2 aromatic rings. The molecule has 0 amide bonds. The standard InChI is InChI=1S/C21H28FN5.HI/c1-16-6-7-17(15-25-16)8-11-24-21(23-2)26-19-9-12-27(13-10-19)20-5-3-4-18(22)14-20;/h3-7,14-15,19H,8-13H2,1-2H3,(H2,23,24,26);1H. The van der Waals surface area contributed by atoms with E-state index < -0.39 is 0 Å². The largest absolute Gasteiger partial charge is 0.371 e. The van der Waals surface area contributed by atoms with Crippen LogP contribution in [0.2, 0.25) is 0 Å². The van der Waals surface area contributed by atoms with E-state index in [2.05, 4.69) is 31.6 Å². The van der Waals surface area contributed by atoms with Crippen molar-refractivity contribution in [3.05, 3.63) is 59.7 Å². The fraction of sp³-hybridized carbons (Fsp3) is 0.429. The first kappa shape index (κ1) is 22.4. The van der Waals surface area contributed by atoms with Gasteiger partial charge in [0, 0.05) is 50.3 Å². The predicted molar refractivity (Wildman–Crippen MR) is 124 cm³/mol. The van der Waals surface area contributed by atoms with Crippen LogP contribution in [0.3, 0.4) is 0 Å². The van der Waals surface area contributed by atoms with E-state index in [4.69, 9.17) is 0 Å². The smallest absolute Gasteiger partial charge is 0.191 e. The van der Waals surface area contributed by atoms with E-state index in [0.717, 1.165) is 56.2 Å². The van der Waals surface area contributed by atoms with Gasteiger partial charge in [-0.1, -0.05) is 12.1 Å². The van der Waals surface area contributed by atoms with Crippen LogP contribution in [0.5, 0.6) is 0 Å². The number of hydrogen-bond donors (Lipinski definition) is 2. The highest BCUT2D eigenvalue weighted by Crippen LogP contribution is 2.20. The number of aromatic nitrogens is 1. The van der Waals surface area contributed by atoms with E-state index in [1.54, 1.807) is 19.2 Å². The van der Waals surface area contributed by atoms with Crippen molar-refractivity contribution in [2.24, 2.45) is 4.99 Å². The molecule has 0 bridgehead atoms. The Morgan fingerprint density at radius 2 is 2.04 bits per heavy atom. The normalized spacial score (nSPS) is 15.1. The molecule has 5 nitrogen and oxygen atoms in total. The zero-order valence-corrected chi connectivity index (χ0v) is 18.8. The number of aliphatic imine (C=N–C) groups is 1. The van der Waals surface area contributed by atoms with E-state index in [1.807, 2.05) is 25.3 Å². The van der Waals surface area contributed by atoms with Gasteiger partial charge in [0.25, 0.3) is 0 Å². The lowest BCUT2D eigenvalue weighted by Gasteiger charge is -2.34. The quantitative estimate of drug-likeness (QED) is 0.377. The van der Waals surface area contributed by atoms with Gasteiger partial charge in [-0.15, -0.1) is 24.0 Å². The first-order valence-corrected chi connectivity index (χ1v) is 9.53. The van der Waals surface area contributed by atoms with Crippen LogP contribution in [0.15, 0.2) is 47.6 Å². The summed E-state index contributed by atoms with van der Waals surface area (Å²) >= 11 is 0. The van der Waals surface area contributed by atoms with Crippen molar-refractivity contribution in [3.63, 3.8) is 0 Å². The third-order valence-electron chi connectivity index (χ3n) is 4.91. The molecule has 0 spiro atoms. The number of guanidine groups is 1. The van der Waals surface area contributed by atoms with E-state index in [-0.39, 0.29) is 29.8 Å². The molecule has 28 heavy (non-hydrogen) atoms. The first-order chi connectivity index (χ1) is 13.1. The average Bonchev–Trinajstić information content (AvgIpc) is 2.69. The molecule has 0 atom stereocenters. The Morgan fingerprint density at radius 1 is 1.25 bits per heavy atom. The highest BCUT2D eigenvalue weighted by atomic mass is 127. The summed E-state index contributed by atoms with van der Waals surface area (Å²) in [7, 11) is 1.80. The number of aryl methyl sites for hydroxylation is 1. The van der Waals surface area contributed by atoms with E-state index in [0.29, 0.717) is 6.04 Å². The second kappa shape index (κ2) is 11.2. The zero-order valence-electron chi connectivity index (χ0n) is 16.5. The van der Waals surface area contributed by atoms with Crippen molar-refractivity contribution in [2.45, 2.75) is 32.2 Å². The van der Waals surface area contributed by atoms with Crippen LogP contribution < -0.4 is 15.5 Å². The Balaban J connectivity index is 0.00000280. The van der Waals surface area contributed by atoms with Crippen molar-refractivity contribution < 1.29 is 4.39 Å². The second-order valence-electron chi connectivity index (χ2n) is 6.94. The summed E-state index contributed by atoms with van der Waals surface area (Å²) in [4.78, 5) is 10.9. The van der Waals surface area contributed by atoms with Crippen LogP contribution in [0.1, 0.15) is 24.1 Å². The number of nitrogens with one attached hydrogen (secondary N) is 2. The molecule has 1 saturated heterocycles. The fourth-order valence-electron chi connectivity index (χ4n) is 3.31. The molecule has 0 aliphatic carbocycles. The molecule has 1 aromatic heterocycles. The monoisotopic (exact) mass is 497 g/mol. The summed E-state index contributed by atoms with van der Waals surface area (Å²) in [5.74, 6) is 0.653. The summed E-state index contributed by atoms with van der Waals surface area (Å²) in [6.07, 6.45) is 4.83. The average molecular weight is 497 g/mol. The van der Waals surface area contributed by atoms with Gasteiger partial charge in [-0.25, -0.2) is 4.39 Å². The molecule has 2 N–H and O–H groups in total. The molecule has 1 aliphatic heterocycles. The van der Waals surface area contributed by atoms with E-state index in [1.165, 1.54) is 11.6 Å². The Kier molecular flexibility index (Phi) is 8.95. The molecule has 2 heterocycles. The van der Waals surface area contributed by atoms with Gasteiger partial charge in [-0.3, -0.25) is 9.98 Å². The topological polar surface area (TPSA) is 52.6 Å². The van der Waals surface area contributed by atoms with Crippen LogP contribution in [-0.2, 0) is 6.42 Å². The van der Waals surface area contributed by atoms with Gasteiger partial charge < -0.3 is 15.5 Å². The lowest BCUT2D eigenvalue weighted by molar-refractivity contribution is 0.461. The molecule has 7 heteroatoms. The van der Waals surface area contributed by atoms with Crippen LogP contribution in [0, 0.1) is 12.7 Å². The van der Waals surface area contributed by atoms with Crippen molar-refractivity contribution in [2.75, 3.05) is 31.6 Å². The maximum Gasteiger partial charge on any atom is 0.191 e. The number of halogens is 2. The predicted octanol–water partition coefficient (Wildman–Crippen LogP) is 3.52. The Morgan fingerprint density at radius 3 is 2.68 bits per heavy atom. The highest BCUT2D eigenvalue weighted by Gasteiger charge is 2.20. The lowest BCUT2D eigenvalue weighted by Crippen LogP contribution is -2.49. The van der Waals surface area contributed by atoms with Gasteiger partial charge in [-0.05, 0) is 56.0 Å². The number of hydrogen-bond acceptors (Lipinski definition) is 3. The van der Waals surface area contributed by atoms with Crippen molar-refractivity contribution in [3.8, 4) is 0 Å². The number of piperidine rings is 1. The van der Waals surface area contributed by atoms with Gasteiger partial charge in [0.15, 0.2) is 5.96 Å². The minimum Gasteiger partial charge on any atom is -0.371 e. The van der Waals surface area contributed by atoms with Crippen LogP contribution in [0.4, 0.5) is 10.1 Å². The third kappa shape index (κ3) is 6.61. The summed E-state index contributed by atoms with van der Waals surface area (Å²) in [5.41, 5.74) is 3.21. The number of anilines is 1. The molecule has 3 rings (SSSR count). The molecule has 0 saturated carbocycles. The number of pyridine rings is 1. The summed E-state index contributed by atoms with van der Waals surface area (Å²) in [6.45, 7) is 4.63. The minimum absolute atomic E-state index is 0. The van der Waals surface area contributed by atoms with Crippen LogP contribution in [-0.4, -0.2) is 43.7 Å². The number of benzene rings is 1. The number of rotatable bonds is 5. The summed E-state index contributed by atoms with van der Waals surface area (Å²) in [6, 6.07) is 11.4. The molecule has 0 radical (unpaired) electrons. The third-order valence-corrected chi connectivity index (χ3v) is 4.91. The molecule has 1 aromatic carbocycles.